The normalized spacial score (nSPS) is 38.2. The number of hydrogen-bond acceptors (Lipinski definition) is 5. The van der Waals surface area contributed by atoms with Crippen molar-refractivity contribution in [1.29, 1.82) is 0 Å². The van der Waals surface area contributed by atoms with E-state index >= 15 is 0 Å². The number of aliphatic carboxylic acids is 1. The molecule has 0 heterocycles. The van der Waals surface area contributed by atoms with Crippen molar-refractivity contribution >= 4 is 23.6 Å². The molecule has 5 aliphatic rings. The van der Waals surface area contributed by atoms with Crippen LogP contribution in [0.5, 0.6) is 0 Å². The van der Waals surface area contributed by atoms with Gasteiger partial charge < -0.3 is 15.2 Å². The number of ether oxygens (including phenoxy) is 1. The fourth-order valence-electron chi connectivity index (χ4n) is 12.5. The van der Waals surface area contributed by atoms with E-state index in [2.05, 4.69) is 53.8 Å². The molecule has 0 aliphatic heterocycles. The van der Waals surface area contributed by atoms with Crippen LogP contribution in [0.15, 0.2) is 41.5 Å². The van der Waals surface area contributed by atoms with Gasteiger partial charge in [-0.1, -0.05) is 66.7 Å². The third kappa shape index (κ3) is 5.34. The Balaban J connectivity index is 1.30. The third-order valence-electron chi connectivity index (χ3n) is 15.2. The van der Waals surface area contributed by atoms with E-state index in [4.69, 9.17) is 4.74 Å². The molecular formula is C42H59NO6. The van der Waals surface area contributed by atoms with Crippen LogP contribution in [0.3, 0.4) is 0 Å². The Bertz CT molecular complexity index is 1570. The van der Waals surface area contributed by atoms with Gasteiger partial charge in [-0.05, 0) is 128 Å². The molecule has 5 aliphatic carbocycles. The molecule has 8 atom stereocenters. The molecule has 1 aromatic rings. The Kier molecular flexibility index (Phi) is 8.63. The van der Waals surface area contributed by atoms with E-state index in [1.165, 1.54) is 5.57 Å². The average Bonchev–Trinajstić information content (AvgIpc) is 3.30. The smallest absolute Gasteiger partial charge is 0.309 e. The van der Waals surface area contributed by atoms with E-state index in [-0.39, 0.29) is 57.7 Å². The van der Waals surface area contributed by atoms with E-state index in [1.807, 2.05) is 30.3 Å². The van der Waals surface area contributed by atoms with Gasteiger partial charge in [-0.2, -0.15) is 0 Å². The summed E-state index contributed by atoms with van der Waals surface area (Å²) in [5.41, 5.74) is 0.863. The molecule has 0 saturated heterocycles. The first-order valence-electron chi connectivity index (χ1n) is 18.8. The molecule has 1 aromatic carbocycles. The number of Topliss-reactive ketones (excluding diaryl/α,β-unsaturated/α-hetero) is 1. The van der Waals surface area contributed by atoms with Crippen LogP contribution < -0.4 is 5.32 Å². The summed E-state index contributed by atoms with van der Waals surface area (Å²) < 4.78 is 6.15. The van der Waals surface area contributed by atoms with Crippen LogP contribution in [-0.2, 0) is 19.1 Å². The van der Waals surface area contributed by atoms with Gasteiger partial charge in [-0.25, -0.2) is 0 Å². The number of ketones is 1. The van der Waals surface area contributed by atoms with Crippen LogP contribution in [0.1, 0.15) is 137 Å². The van der Waals surface area contributed by atoms with Crippen LogP contribution in [-0.4, -0.2) is 40.4 Å². The number of allylic oxidation sites excluding steroid dienone is 1. The first-order valence-corrected chi connectivity index (χ1v) is 18.8. The highest BCUT2D eigenvalue weighted by Gasteiger charge is 2.70. The molecule has 0 aromatic heterocycles. The monoisotopic (exact) mass is 673 g/mol. The minimum absolute atomic E-state index is 0.0269. The lowest BCUT2D eigenvalue weighted by Crippen LogP contribution is -2.67. The van der Waals surface area contributed by atoms with Crippen molar-refractivity contribution in [2.24, 2.45) is 50.7 Å². The largest absolute Gasteiger partial charge is 0.481 e. The quantitative estimate of drug-likeness (QED) is 0.281. The molecule has 4 fully saturated rings. The van der Waals surface area contributed by atoms with Crippen molar-refractivity contribution in [3.8, 4) is 0 Å². The van der Waals surface area contributed by atoms with Crippen molar-refractivity contribution in [2.45, 2.75) is 138 Å². The van der Waals surface area contributed by atoms with Gasteiger partial charge in [0.05, 0.1) is 17.4 Å². The molecular weight excluding hydrogens is 614 g/mol. The number of benzene rings is 1. The molecule has 2 N–H and O–H groups in total. The average molecular weight is 674 g/mol. The molecule has 1 unspecified atom stereocenters. The second-order valence-corrected chi connectivity index (χ2v) is 18.8. The predicted octanol–water partition coefficient (Wildman–Crippen LogP) is 8.56. The fraction of sp³-hybridized carbons (Fsp3) is 0.714. The third-order valence-corrected chi connectivity index (χ3v) is 15.2. The van der Waals surface area contributed by atoms with Crippen molar-refractivity contribution in [1.82, 2.24) is 5.32 Å². The SMILES string of the molecule is CC(C)C1=C2[C@H]3CCC4[C@@]5(C)CC[C@H](OC(=O)CC(C)(C)C(=O)O)C(C)(C)[C@@H]5CC[C@@]4(C)[C@]3(C)CC[C@@]2(NC(=O)c2ccccc2)CC1=O. The Morgan fingerprint density at radius 3 is 2.20 bits per heavy atom. The van der Waals surface area contributed by atoms with Gasteiger partial charge in [-0.15, -0.1) is 0 Å². The lowest BCUT2D eigenvalue weighted by Gasteiger charge is -2.72. The zero-order valence-electron chi connectivity index (χ0n) is 31.3. The first kappa shape index (κ1) is 35.9. The molecule has 0 radical (unpaired) electrons. The number of carbonyl (C=O) groups excluding carboxylic acids is 3. The predicted molar refractivity (Wildman–Crippen MR) is 190 cm³/mol. The molecule has 0 spiro atoms. The number of nitrogens with one attached hydrogen (secondary N) is 1. The summed E-state index contributed by atoms with van der Waals surface area (Å²) in [6.07, 6.45) is 7.65. The van der Waals surface area contributed by atoms with E-state index in [0.29, 0.717) is 23.8 Å². The summed E-state index contributed by atoms with van der Waals surface area (Å²) in [4.78, 5) is 52.4. The lowest BCUT2D eigenvalue weighted by molar-refractivity contribution is -0.232. The second-order valence-electron chi connectivity index (χ2n) is 18.8. The minimum atomic E-state index is -1.16. The van der Waals surface area contributed by atoms with E-state index in [0.717, 1.165) is 56.9 Å². The molecule has 1 amide bonds. The van der Waals surface area contributed by atoms with Crippen LogP contribution in [0.25, 0.3) is 0 Å². The Labute approximate surface area is 293 Å². The number of amides is 1. The zero-order valence-corrected chi connectivity index (χ0v) is 31.3. The molecule has 268 valence electrons. The molecule has 6 rings (SSSR count). The number of carbonyl (C=O) groups is 4. The van der Waals surface area contributed by atoms with Gasteiger partial charge in [0.25, 0.3) is 5.91 Å². The maximum Gasteiger partial charge on any atom is 0.309 e. The second kappa shape index (κ2) is 11.8. The van der Waals surface area contributed by atoms with E-state index in [1.54, 1.807) is 13.8 Å². The van der Waals surface area contributed by atoms with E-state index in [9.17, 15) is 24.3 Å². The van der Waals surface area contributed by atoms with Crippen LogP contribution in [0.4, 0.5) is 0 Å². The van der Waals surface area contributed by atoms with Crippen LogP contribution in [0.2, 0.25) is 0 Å². The molecule has 0 bridgehead atoms. The Morgan fingerprint density at radius 2 is 1.57 bits per heavy atom. The number of carboxylic acids is 1. The molecule has 4 saturated carbocycles. The van der Waals surface area contributed by atoms with Gasteiger partial charge in [0.1, 0.15) is 6.10 Å². The number of esters is 1. The lowest BCUT2D eigenvalue weighted by atomic mass is 9.33. The highest BCUT2D eigenvalue weighted by molar-refractivity contribution is 6.03. The number of fused-ring (bicyclic) bond motifs is 7. The van der Waals surface area contributed by atoms with Gasteiger partial charge in [0, 0.05) is 17.4 Å². The highest BCUT2D eigenvalue weighted by atomic mass is 16.5. The Morgan fingerprint density at radius 1 is 0.898 bits per heavy atom. The number of hydrogen-bond donors (Lipinski definition) is 2. The summed E-state index contributed by atoms with van der Waals surface area (Å²) in [7, 11) is 0. The fourth-order valence-corrected chi connectivity index (χ4v) is 12.5. The van der Waals surface area contributed by atoms with Gasteiger partial charge >= 0.3 is 11.9 Å². The van der Waals surface area contributed by atoms with Gasteiger partial charge in [0.15, 0.2) is 5.78 Å². The van der Waals surface area contributed by atoms with Crippen molar-refractivity contribution in [2.75, 3.05) is 0 Å². The van der Waals surface area contributed by atoms with Crippen LogP contribution in [0, 0.1) is 50.7 Å². The molecule has 7 heteroatoms. The molecule has 49 heavy (non-hydrogen) atoms. The van der Waals surface area contributed by atoms with Gasteiger partial charge in [0.2, 0.25) is 0 Å². The van der Waals surface area contributed by atoms with Crippen molar-refractivity contribution in [3.05, 3.63) is 47.0 Å². The standard InChI is InChI=1S/C42H59NO6/c1-25(2)33-28(44)23-42(43-35(46)26-13-11-10-12-14-26)22-21-40(8)27(34(33)42)15-16-30-39(7)19-18-31(49-32(45)24-37(3,4)36(47)48)38(5,6)29(39)17-20-41(30,40)9/h10-14,25,27,29-31H,15-24H2,1-9H3,(H,43,46)(H,47,48)/t27-,29+,30?,31+,39+,40-,41-,42-/m1/s1. The van der Waals surface area contributed by atoms with Crippen molar-refractivity contribution in [3.63, 3.8) is 0 Å². The maximum absolute atomic E-state index is 13.9. The summed E-state index contributed by atoms with van der Waals surface area (Å²) in [6.45, 7) is 19.5. The maximum atomic E-state index is 13.9. The summed E-state index contributed by atoms with van der Waals surface area (Å²) in [5.74, 6) is -0.146. The minimum Gasteiger partial charge on any atom is -0.481 e. The molecule has 7 nitrogen and oxygen atoms in total. The van der Waals surface area contributed by atoms with Gasteiger partial charge in [-0.3, -0.25) is 19.2 Å². The summed E-state index contributed by atoms with van der Waals surface area (Å²) in [6, 6.07) is 9.39. The van der Waals surface area contributed by atoms with E-state index < -0.39 is 22.9 Å². The highest BCUT2D eigenvalue weighted by Crippen LogP contribution is 2.76. The number of rotatable bonds is 7. The summed E-state index contributed by atoms with van der Waals surface area (Å²) in [5, 5.41) is 13.1. The van der Waals surface area contributed by atoms with Crippen molar-refractivity contribution < 1.29 is 29.0 Å². The first-order chi connectivity index (χ1) is 22.7. The topological polar surface area (TPSA) is 110 Å². The van der Waals surface area contributed by atoms with Crippen LogP contribution >= 0.6 is 0 Å². The zero-order chi connectivity index (χ0) is 35.9. The number of carboxylic acid groups (broad SMARTS) is 1. The Hall–Kier alpha value is -2.96. The summed E-state index contributed by atoms with van der Waals surface area (Å²) >= 11 is 0.